The number of nitrogens with one attached hydrogen (secondary N) is 2. The number of hydrogen-bond donors (Lipinski definition) is 3. The van der Waals surface area contributed by atoms with Gasteiger partial charge in [0.1, 0.15) is 29.4 Å². The number of benzene rings is 3. The minimum atomic E-state index is -4.74. The number of amidine groups is 1. The Morgan fingerprint density at radius 1 is 1.00 bits per heavy atom. The van der Waals surface area contributed by atoms with E-state index in [1.807, 2.05) is 36.4 Å². The van der Waals surface area contributed by atoms with E-state index in [-0.39, 0.29) is 17.6 Å². The minimum Gasteiger partial charge on any atom is -0.497 e. The van der Waals surface area contributed by atoms with Crippen LogP contribution >= 0.6 is 12.2 Å². The molecule has 0 heterocycles. The quantitative estimate of drug-likeness (QED) is 0.181. The van der Waals surface area contributed by atoms with Gasteiger partial charge in [-0.3, -0.25) is 0 Å². The van der Waals surface area contributed by atoms with Crippen LogP contribution < -0.4 is 30.6 Å². The molecule has 2 unspecified atom stereocenters. The van der Waals surface area contributed by atoms with Crippen molar-refractivity contribution in [3.63, 3.8) is 0 Å². The maximum absolute atomic E-state index is 12.3. The van der Waals surface area contributed by atoms with Gasteiger partial charge in [0.2, 0.25) is 0 Å². The summed E-state index contributed by atoms with van der Waals surface area (Å²) in [6.07, 6.45) is -2.56. The monoisotopic (exact) mass is 557 g/mol. The zero-order valence-corrected chi connectivity index (χ0v) is 21.8. The lowest BCUT2D eigenvalue weighted by Crippen LogP contribution is -2.31. The molecular formula is C27H26F3N5O3S. The number of hydrogen-bond acceptors (Lipinski definition) is 5. The molecule has 204 valence electrons. The zero-order valence-electron chi connectivity index (χ0n) is 21.0. The smallest absolute Gasteiger partial charge is 0.497 e. The maximum Gasteiger partial charge on any atom is 0.573 e. The summed E-state index contributed by atoms with van der Waals surface area (Å²) in [4.78, 5) is 8.20. The van der Waals surface area contributed by atoms with E-state index in [4.69, 9.17) is 27.4 Å². The number of nitrogens with zero attached hydrogens (tertiary/aromatic N) is 2. The van der Waals surface area contributed by atoms with E-state index in [1.165, 1.54) is 30.6 Å². The number of anilines is 1. The second-order valence-electron chi connectivity index (χ2n) is 8.54. The number of aliphatic imine (C=N–C) groups is 2. The molecule has 0 bridgehead atoms. The summed E-state index contributed by atoms with van der Waals surface area (Å²) >= 11 is 5.48. The van der Waals surface area contributed by atoms with Gasteiger partial charge in [0, 0.05) is 23.6 Å². The van der Waals surface area contributed by atoms with Gasteiger partial charge in [-0.25, -0.2) is 9.98 Å². The van der Waals surface area contributed by atoms with E-state index in [0.717, 1.165) is 17.7 Å². The molecule has 1 fully saturated rings. The summed E-state index contributed by atoms with van der Waals surface area (Å²) in [6.45, 7) is 0. The van der Waals surface area contributed by atoms with Crippen LogP contribution in [0.25, 0.3) is 0 Å². The van der Waals surface area contributed by atoms with E-state index < -0.39 is 6.36 Å². The highest BCUT2D eigenvalue weighted by molar-refractivity contribution is 7.80. The Morgan fingerprint density at radius 3 is 2.33 bits per heavy atom. The molecule has 8 nitrogen and oxygen atoms in total. The van der Waals surface area contributed by atoms with Crippen molar-refractivity contribution in [1.82, 2.24) is 5.32 Å². The van der Waals surface area contributed by atoms with Crippen LogP contribution in [0.1, 0.15) is 23.5 Å². The van der Waals surface area contributed by atoms with Gasteiger partial charge < -0.3 is 30.6 Å². The summed E-state index contributed by atoms with van der Waals surface area (Å²) in [5.74, 6) is 1.55. The van der Waals surface area contributed by atoms with Gasteiger partial charge in [-0.05, 0) is 60.6 Å². The highest BCUT2D eigenvalue weighted by Crippen LogP contribution is 2.41. The summed E-state index contributed by atoms with van der Waals surface area (Å²) < 4.78 is 51.2. The van der Waals surface area contributed by atoms with Crippen LogP contribution in [0.15, 0.2) is 76.7 Å². The predicted molar refractivity (Wildman–Crippen MR) is 148 cm³/mol. The van der Waals surface area contributed by atoms with Crippen LogP contribution in [-0.2, 0) is 0 Å². The third kappa shape index (κ3) is 7.84. The van der Waals surface area contributed by atoms with Crippen molar-refractivity contribution in [3.8, 4) is 17.2 Å². The highest BCUT2D eigenvalue weighted by Gasteiger charge is 2.39. The number of ether oxygens (including phenoxy) is 3. The summed E-state index contributed by atoms with van der Waals surface area (Å²) in [5, 5.41) is 7.00. The summed E-state index contributed by atoms with van der Waals surface area (Å²) in [6, 6.07) is 18.5. The predicted octanol–water partition coefficient (Wildman–Crippen LogP) is 5.51. The SMILES string of the molecule is COc1ccc(NC(=S)NC2CC2c2ccc(C(N)=NC=Nc3ccc(OC(F)(F)F)cc3)cc2)c(OC)c1. The Morgan fingerprint density at radius 2 is 1.69 bits per heavy atom. The molecule has 1 aliphatic carbocycles. The molecular weight excluding hydrogens is 531 g/mol. The van der Waals surface area contributed by atoms with Crippen LogP contribution in [0.3, 0.4) is 0 Å². The molecule has 1 aliphatic rings. The maximum atomic E-state index is 12.3. The molecule has 12 heteroatoms. The Balaban J connectivity index is 1.28. The second kappa shape index (κ2) is 12.0. The molecule has 0 aromatic heterocycles. The average Bonchev–Trinajstić information content (AvgIpc) is 3.67. The Kier molecular flexibility index (Phi) is 8.55. The Labute approximate surface area is 228 Å². The first-order valence-corrected chi connectivity index (χ1v) is 12.2. The third-order valence-electron chi connectivity index (χ3n) is 5.87. The lowest BCUT2D eigenvalue weighted by Gasteiger charge is -2.14. The third-order valence-corrected chi connectivity index (χ3v) is 6.09. The van der Waals surface area contributed by atoms with Crippen molar-refractivity contribution in [2.24, 2.45) is 15.7 Å². The molecule has 2 atom stereocenters. The average molecular weight is 558 g/mol. The van der Waals surface area contributed by atoms with E-state index in [0.29, 0.717) is 33.8 Å². The minimum absolute atomic E-state index is 0.200. The molecule has 39 heavy (non-hydrogen) atoms. The van der Waals surface area contributed by atoms with Gasteiger partial charge in [-0.1, -0.05) is 24.3 Å². The van der Waals surface area contributed by atoms with Crippen molar-refractivity contribution in [1.29, 1.82) is 0 Å². The molecule has 0 aliphatic heterocycles. The molecule has 3 aromatic carbocycles. The molecule has 0 radical (unpaired) electrons. The fraction of sp³-hybridized carbons (Fsp3) is 0.222. The van der Waals surface area contributed by atoms with Gasteiger partial charge in [-0.2, -0.15) is 0 Å². The normalized spacial score (nSPS) is 17.0. The van der Waals surface area contributed by atoms with Crippen LogP contribution in [0.4, 0.5) is 24.5 Å². The van der Waals surface area contributed by atoms with Gasteiger partial charge in [0.05, 0.1) is 25.6 Å². The second-order valence-corrected chi connectivity index (χ2v) is 8.94. The van der Waals surface area contributed by atoms with E-state index in [2.05, 4.69) is 25.4 Å². The van der Waals surface area contributed by atoms with Crippen LogP contribution in [-0.4, -0.2) is 43.9 Å². The van der Waals surface area contributed by atoms with E-state index >= 15 is 0 Å². The molecule has 3 aromatic rings. The largest absolute Gasteiger partial charge is 0.573 e. The molecule has 0 saturated heterocycles. The van der Waals surface area contributed by atoms with Crippen LogP contribution in [0.2, 0.25) is 0 Å². The molecule has 4 rings (SSSR count). The number of halogens is 3. The lowest BCUT2D eigenvalue weighted by molar-refractivity contribution is -0.274. The fourth-order valence-electron chi connectivity index (χ4n) is 3.82. The Bertz CT molecular complexity index is 1360. The summed E-state index contributed by atoms with van der Waals surface area (Å²) in [5.41, 5.74) is 9.06. The highest BCUT2D eigenvalue weighted by atomic mass is 32.1. The number of nitrogens with two attached hydrogens (primary N) is 1. The molecule has 0 amide bonds. The first kappa shape index (κ1) is 27.7. The molecule has 0 spiro atoms. The number of alkyl halides is 3. The standard InChI is InChI=1S/C27H26F3N5O3S/c1-36-20-11-12-22(24(13-20)37-2)34-26(39)35-23-14-21(23)16-3-5-17(6-4-16)25(31)33-15-32-18-7-9-19(10-8-18)38-27(28,29)30/h3-13,15,21,23H,14H2,1-2H3,(H2,31,32,33)(H2,34,35,39). The van der Waals surface area contributed by atoms with Crippen molar-refractivity contribution >= 4 is 40.9 Å². The first-order valence-electron chi connectivity index (χ1n) is 11.8. The van der Waals surface area contributed by atoms with Crippen LogP contribution in [0.5, 0.6) is 17.2 Å². The number of methoxy groups -OCH3 is 2. The Hall–Kier alpha value is -4.32. The van der Waals surface area contributed by atoms with Gasteiger partial charge >= 0.3 is 6.36 Å². The number of rotatable bonds is 9. The lowest BCUT2D eigenvalue weighted by atomic mass is 10.1. The van der Waals surface area contributed by atoms with Gasteiger partial charge in [-0.15, -0.1) is 13.2 Å². The van der Waals surface area contributed by atoms with Crippen LogP contribution in [0, 0.1) is 0 Å². The first-order chi connectivity index (χ1) is 18.6. The van der Waals surface area contributed by atoms with Crippen molar-refractivity contribution in [2.75, 3.05) is 19.5 Å². The van der Waals surface area contributed by atoms with E-state index in [9.17, 15) is 13.2 Å². The van der Waals surface area contributed by atoms with Gasteiger partial charge in [0.25, 0.3) is 0 Å². The van der Waals surface area contributed by atoms with E-state index in [1.54, 1.807) is 20.3 Å². The number of thiocarbonyl (C=S) groups is 1. The van der Waals surface area contributed by atoms with Crippen molar-refractivity contribution < 1.29 is 27.4 Å². The van der Waals surface area contributed by atoms with Crippen molar-refractivity contribution in [2.45, 2.75) is 24.7 Å². The fourth-order valence-corrected chi connectivity index (χ4v) is 4.08. The summed E-state index contributed by atoms with van der Waals surface area (Å²) in [7, 11) is 3.18. The molecule has 4 N–H and O–H groups in total. The zero-order chi connectivity index (χ0) is 28.0. The van der Waals surface area contributed by atoms with Crippen molar-refractivity contribution in [3.05, 3.63) is 77.9 Å². The topological polar surface area (TPSA) is 102 Å². The molecule has 1 saturated carbocycles. The van der Waals surface area contributed by atoms with Gasteiger partial charge in [0.15, 0.2) is 5.11 Å².